The van der Waals surface area contributed by atoms with Gasteiger partial charge in [0.05, 0.1) is 5.41 Å². The van der Waals surface area contributed by atoms with Crippen molar-refractivity contribution in [3.05, 3.63) is 11.6 Å². The van der Waals surface area contributed by atoms with E-state index in [4.69, 9.17) is 4.74 Å². The van der Waals surface area contributed by atoms with E-state index in [1.165, 1.54) is 24.8 Å². The van der Waals surface area contributed by atoms with Crippen molar-refractivity contribution in [3.63, 3.8) is 0 Å². The minimum atomic E-state index is -0.645. The molecule has 202 valence electrons. The predicted molar refractivity (Wildman–Crippen MR) is 142 cm³/mol. The summed E-state index contributed by atoms with van der Waals surface area (Å²) in [7, 11) is 0. The normalized spacial score (nSPS) is 48.8. The summed E-state index contributed by atoms with van der Waals surface area (Å²) in [6.07, 6.45) is 12.7. The van der Waals surface area contributed by atoms with Gasteiger partial charge in [-0.2, -0.15) is 0 Å². The molecule has 0 radical (unpaired) electrons. The molecule has 0 spiro atoms. The van der Waals surface area contributed by atoms with Crippen molar-refractivity contribution in [2.75, 3.05) is 0 Å². The van der Waals surface area contributed by atoms with E-state index in [-0.39, 0.29) is 39.1 Å². The Balaban J connectivity index is 1.54. The quantitative estimate of drug-likeness (QED) is 0.311. The lowest BCUT2D eigenvalue weighted by atomic mass is 9.32. The average molecular weight is 499 g/mol. The van der Waals surface area contributed by atoms with Gasteiger partial charge in [0.1, 0.15) is 6.10 Å². The molecule has 5 aliphatic rings. The fourth-order valence-electron chi connectivity index (χ4n) is 11.1. The molecular formula is C32H50O4. The SMILES string of the molecule is CC(=O)O[C@@H]1CC[C@]2(C)[C@H]3CC[C@@H]4C5=CC(C)(C)CC[C@]5(C(=O)O)CC[C@@]4(C)[C@]3(C)CC[C@H]2C1(C)C. The highest BCUT2D eigenvalue weighted by molar-refractivity contribution is 5.80. The number of ether oxygens (including phenoxy) is 1. The van der Waals surface area contributed by atoms with Crippen molar-refractivity contribution >= 4 is 11.9 Å². The smallest absolute Gasteiger partial charge is 0.313 e. The molecule has 0 amide bonds. The van der Waals surface area contributed by atoms with Crippen LogP contribution in [0.25, 0.3) is 0 Å². The number of rotatable bonds is 2. The highest BCUT2D eigenvalue weighted by Crippen LogP contribution is 2.76. The van der Waals surface area contributed by atoms with Crippen molar-refractivity contribution in [3.8, 4) is 0 Å². The lowest BCUT2D eigenvalue weighted by Crippen LogP contribution is -2.66. The fraction of sp³-hybridized carbons (Fsp3) is 0.875. The molecule has 4 fully saturated rings. The Morgan fingerprint density at radius 3 is 2.11 bits per heavy atom. The lowest BCUT2D eigenvalue weighted by molar-refractivity contribution is -0.233. The van der Waals surface area contributed by atoms with Gasteiger partial charge in [-0.25, -0.2) is 0 Å². The molecule has 0 saturated heterocycles. The molecule has 0 aromatic heterocycles. The van der Waals surface area contributed by atoms with Gasteiger partial charge >= 0.3 is 11.9 Å². The number of hydrogen-bond acceptors (Lipinski definition) is 3. The molecule has 5 aliphatic carbocycles. The van der Waals surface area contributed by atoms with Gasteiger partial charge in [-0.3, -0.25) is 9.59 Å². The highest BCUT2D eigenvalue weighted by Gasteiger charge is 2.70. The van der Waals surface area contributed by atoms with Gasteiger partial charge in [-0.05, 0) is 104 Å². The number of carbonyl (C=O) groups excluding carboxylic acids is 1. The first-order valence-corrected chi connectivity index (χ1v) is 14.7. The zero-order valence-corrected chi connectivity index (χ0v) is 24.1. The molecule has 8 atom stereocenters. The second-order valence-electron chi connectivity index (χ2n) is 15.5. The standard InChI is InChI=1S/C32H50O4/c1-20(33)36-25-12-13-29(6)23(28(25,4)5)11-14-31(8)24(29)10-9-21-22-19-27(2,3)15-17-32(22,26(34)35)18-16-30(21,31)7/h19,21,23-25H,9-18H2,1-8H3,(H,34,35)/t21-,23+,24-,25-,29+,30-,31-,32+/m1/s1. The number of carbonyl (C=O) groups is 2. The number of esters is 1. The third kappa shape index (κ3) is 3.30. The molecule has 0 aliphatic heterocycles. The maximum atomic E-state index is 12.8. The third-order valence-corrected chi connectivity index (χ3v) is 13.3. The number of carboxylic acids is 1. The molecule has 0 heterocycles. The first-order valence-electron chi connectivity index (χ1n) is 14.7. The zero-order chi connectivity index (χ0) is 26.5. The van der Waals surface area contributed by atoms with E-state index >= 15 is 0 Å². The summed E-state index contributed by atoms with van der Waals surface area (Å²) in [6.45, 7) is 18.5. The maximum Gasteiger partial charge on any atom is 0.313 e. The van der Waals surface area contributed by atoms with E-state index in [1.807, 2.05) is 0 Å². The monoisotopic (exact) mass is 498 g/mol. The van der Waals surface area contributed by atoms with Crippen molar-refractivity contribution in [2.24, 2.45) is 50.2 Å². The van der Waals surface area contributed by atoms with Crippen LogP contribution in [-0.2, 0) is 14.3 Å². The number of allylic oxidation sites excluding steroid dienone is 1. The Kier molecular flexibility index (Phi) is 5.74. The minimum Gasteiger partial charge on any atom is -0.481 e. The number of fused-ring (bicyclic) bond motifs is 7. The molecule has 4 heteroatoms. The highest BCUT2D eigenvalue weighted by atomic mass is 16.5. The molecule has 0 unspecified atom stereocenters. The third-order valence-electron chi connectivity index (χ3n) is 13.3. The van der Waals surface area contributed by atoms with Crippen LogP contribution in [0, 0.1) is 50.2 Å². The van der Waals surface area contributed by atoms with Crippen LogP contribution in [0.3, 0.4) is 0 Å². The Bertz CT molecular complexity index is 992. The van der Waals surface area contributed by atoms with Crippen LogP contribution in [0.5, 0.6) is 0 Å². The van der Waals surface area contributed by atoms with Crippen molar-refractivity contribution in [1.29, 1.82) is 0 Å². The summed E-state index contributed by atoms with van der Waals surface area (Å²) < 4.78 is 5.88. The van der Waals surface area contributed by atoms with Gasteiger partial charge in [0, 0.05) is 12.3 Å². The molecule has 0 aromatic carbocycles. The summed E-state index contributed by atoms with van der Waals surface area (Å²) in [5.41, 5.74) is 1.23. The Morgan fingerprint density at radius 1 is 0.806 bits per heavy atom. The van der Waals surface area contributed by atoms with E-state index < -0.39 is 11.4 Å². The molecule has 36 heavy (non-hydrogen) atoms. The zero-order valence-electron chi connectivity index (χ0n) is 24.1. The number of hydrogen-bond donors (Lipinski definition) is 1. The predicted octanol–water partition coefficient (Wildman–Crippen LogP) is 7.80. The topological polar surface area (TPSA) is 63.6 Å². The number of aliphatic carboxylic acids is 1. The molecule has 5 rings (SSSR count). The largest absolute Gasteiger partial charge is 0.481 e. The summed E-state index contributed by atoms with van der Waals surface area (Å²) in [6, 6.07) is 0. The van der Waals surface area contributed by atoms with E-state index in [0.29, 0.717) is 17.8 Å². The van der Waals surface area contributed by atoms with E-state index in [1.54, 1.807) is 6.92 Å². The summed E-state index contributed by atoms with van der Waals surface area (Å²) in [5.74, 6) is 0.791. The first kappa shape index (κ1) is 26.3. The summed E-state index contributed by atoms with van der Waals surface area (Å²) in [4.78, 5) is 24.7. The van der Waals surface area contributed by atoms with Gasteiger partial charge < -0.3 is 9.84 Å². The lowest BCUT2D eigenvalue weighted by Gasteiger charge is -2.72. The summed E-state index contributed by atoms with van der Waals surface area (Å²) >= 11 is 0. The van der Waals surface area contributed by atoms with Gasteiger partial charge in [-0.15, -0.1) is 0 Å². The van der Waals surface area contributed by atoms with Crippen molar-refractivity contribution in [2.45, 2.75) is 126 Å². The number of carboxylic acid groups (broad SMARTS) is 1. The van der Waals surface area contributed by atoms with Gasteiger partial charge in [0.25, 0.3) is 0 Å². The average Bonchev–Trinajstić information content (AvgIpc) is 2.75. The van der Waals surface area contributed by atoms with Crippen LogP contribution in [-0.4, -0.2) is 23.1 Å². The van der Waals surface area contributed by atoms with E-state index in [0.717, 1.165) is 44.9 Å². The Morgan fingerprint density at radius 2 is 1.47 bits per heavy atom. The van der Waals surface area contributed by atoms with Gasteiger partial charge in [0.2, 0.25) is 0 Å². The fourth-order valence-corrected chi connectivity index (χ4v) is 11.1. The molecule has 1 N–H and O–H groups in total. The molecule has 4 nitrogen and oxygen atoms in total. The second kappa shape index (κ2) is 7.85. The first-order chi connectivity index (χ1) is 16.5. The van der Waals surface area contributed by atoms with Gasteiger partial charge in [-0.1, -0.05) is 60.1 Å². The molecular weight excluding hydrogens is 448 g/mol. The second-order valence-corrected chi connectivity index (χ2v) is 15.5. The van der Waals surface area contributed by atoms with Crippen LogP contribution in [0.15, 0.2) is 11.6 Å². The van der Waals surface area contributed by atoms with Crippen LogP contribution in [0.2, 0.25) is 0 Å². The maximum absolute atomic E-state index is 12.8. The Hall–Kier alpha value is -1.32. The summed E-state index contributed by atoms with van der Waals surface area (Å²) in [5, 5.41) is 10.5. The molecule has 0 aromatic rings. The van der Waals surface area contributed by atoms with E-state index in [9.17, 15) is 14.7 Å². The minimum absolute atomic E-state index is 0.00449. The van der Waals surface area contributed by atoms with E-state index in [2.05, 4.69) is 54.5 Å². The molecule has 4 saturated carbocycles. The van der Waals surface area contributed by atoms with Crippen LogP contribution >= 0.6 is 0 Å². The molecule has 0 bridgehead atoms. The van der Waals surface area contributed by atoms with Crippen molar-refractivity contribution in [1.82, 2.24) is 0 Å². The van der Waals surface area contributed by atoms with Gasteiger partial charge in [0.15, 0.2) is 0 Å². The van der Waals surface area contributed by atoms with Crippen LogP contribution in [0.4, 0.5) is 0 Å². The van der Waals surface area contributed by atoms with Crippen molar-refractivity contribution < 1.29 is 19.4 Å². The van der Waals surface area contributed by atoms with Crippen LogP contribution < -0.4 is 0 Å². The Labute approximate surface area is 219 Å². The van der Waals surface area contributed by atoms with Crippen LogP contribution in [0.1, 0.15) is 120 Å².